The highest BCUT2D eigenvalue weighted by atomic mass is 19.1. The average Bonchev–Trinajstić information content (AvgIpc) is 3.34. The Bertz CT molecular complexity index is 887. The SMILES string of the molecule is O=C(Nc1ccc(OCCN2CCCC2)c(F)c1)c1c[nH]c2c1C(=O)CCC2. The maximum atomic E-state index is 14.3. The first-order chi connectivity index (χ1) is 13.6. The number of hydrogen-bond acceptors (Lipinski definition) is 4. The number of anilines is 1. The second-order valence-corrected chi connectivity index (χ2v) is 7.33. The van der Waals surface area contributed by atoms with Crippen LogP contribution in [0.3, 0.4) is 0 Å². The first kappa shape index (κ1) is 18.7. The molecule has 4 rings (SSSR count). The third kappa shape index (κ3) is 3.94. The minimum atomic E-state index is -0.522. The monoisotopic (exact) mass is 385 g/mol. The molecule has 1 fully saturated rings. The fraction of sp³-hybridized carbons (Fsp3) is 0.429. The van der Waals surface area contributed by atoms with E-state index >= 15 is 0 Å². The molecular formula is C21H24FN3O3. The number of likely N-dealkylation sites (tertiary alicyclic amines) is 1. The van der Waals surface area contributed by atoms with Crippen molar-refractivity contribution in [1.29, 1.82) is 0 Å². The van der Waals surface area contributed by atoms with E-state index in [-0.39, 0.29) is 11.5 Å². The van der Waals surface area contributed by atoms with Crippen LogP contribution in [0.1, 0.15) is 52.1 Å². The Balaban J connectivity index is 1.38. The maximum Gasteiger partial charge on any atom is 0.257 e. The van der Waals surface area contributed by atoms with Crippen molar-refractivity contribution in [2.45, 2.75) is 32.1 Å². The smallest absolute Gasteiger partial charge is 0.257 e. The Morgan fingerprint density at radius 2 is 2.04 bits per heavy atom. The second kappa shape index (κ2) is 8.14. The van der Waals surface area contributed by atoms with Gasteiger partial charge in [0.15, 0.2) is 17.3 Å². The topological polar surface area (TPSA) is 74.4 Å². The van der Waals surface area contributed by atoms with Crippen LogP contribution >= 0.6 is 0 Å². The molecule has 0 atom stereocenters. The number of benzene rings is 1. The van der Waals surface area contributed by atoms with Gasteiger partial charge in [0.2, 0.25) is 0 Å². The summed E-state index contributed by atoms with van der Waals surface area (Å²) in [7, 11) is 0. The number of amides is 1. The van der Waals surface area contributed by atoms with Gasteiger partial charge < -0.3 is 15.0 Å². The number of fused-ring (bicyclic) bond motifs is 1. The lowest BCUT2D eigenvalue weighted by Crippen LogP contribution is -2.25. The second-order valence-electron chi connectivity index (χ2n) is 7.33. The molecule has 2 heterocycles. The van der Waals surface area contributed by atoms with Crippen molar-refractivity contribution >= 4 is 17.4 Å². The number of carbonyl (C=O) groups excluding carboxylic acids is 2. The number of Topliss-reactive ketones (excluding diaryl/α,β-unsaturated/α-hetero) is 1. The molecule has 1 aromatic heterocycles. The number of rotatable bonds is 6. The van der Waals surface area contributed by atoms with Crippen molar-refractivity contribution in [3.05, 3.63) is 47.0 Å². The molecule has 0 unspecified atom stereocenters. The van der Waals surface area contributed by atoms with Crippen LogP contribution in [0.25, 0.3) is 0 Å². The molecule has 0 saturated carbocycles. The molecular weight excluding hydrogens is 361 g/mol. The van der Waals surface area contributed by atoms with E-state index in [0.717, 1.165) is 38.2 Å². The van der Waals surface area contributed by atoms with E-state index < -0.39 is 11.7 Å². The molecule has 6 nitrogen and oxygen atoms in total. The molecule has 2 N–H and O–H groups in total. The van der Waals surface area contributed by atoms with Gasteiger partial charge in [-0.15, -0.1) is 0 Å². The highest BCUT2D eigenvalue weighted by Gasteiger charge is 2.26. The number of carbonyl (C=O) groups is 2. The fourth-order valence-electron chi connectivity index (χ4n) is 3.90. The molecule has 1 aliphatic carbocycles. The number of hydrogen-bond donors (Lipinski definition) is 2. The van der Waals surface area contributed by atoms with Crippen molar-refractivity contribution in [1.82, 2.24) is 9.88 Å². The van der Waals surface area contributed by atoms with Gasteiger partial charge in [0.25, 0.3) is 5.91 Å². The summed E-state index contributed by atoms with van der Waals surface area (Å²) in [5.74, 6) is -0.798. The van der Waals surface area contributed by atoms with Gasteiger partial charge in [-0.1, -0.05) is 0 Å². The van der Waals surface area contributed by atoms with Crippen LogP contribution in [0.4, 0.5) is 10.1 Å². The van der Waals surface area contributed by atoms with Gasteiger partial charge >= 0.3 is 0 Å². The van der Waals surface area contributed by atoms with Gasteiger partial charge in [0, 0.05) is 36.6 Å². The maximum absolute atomic E-state index is 14.3. The van der Waals surface area contributed by atoms with Crippen molar-refractivity contribution in [2.24, 2.45) is 0 Å². The molecule has 2 aliphatic rings. The molecule has 0 radical (unpaired) electrons. The van der Waals surface area contributed by atoms with Crippen LogP contribution in [0, 0.1) is 5.82 Å². The van der Waals surface area contributed by atoms with E-state index in [1.807, 2.05) is 0 Å². The third-order valence-electron chi connectivity index (χ3n) is 5.37. The van der Waals surface area contributed by atoms with Gasteiger partial charge in [0.1, 0.15) is 6.61 Å². The Morgan fingerprint density at radius 3 is 2.82 bits per heavy atom. The Kier molecular flexibility index (Phi) is 5.43. The lowest BCUT2D eigenvalue weighted by atomic mass is 9.93. The number of aromatic nitrogens is 1. The molecule has 1 amide bonds. The quantitative estimate of drug-likeness (QED) is 0.799. The average molecular weight is 385 g/mol. The van der Waals surface area contributed by atoms with Crippen LogP contribution in [0.15, 0.2) is 24.4 Å². The number of H-pyrrole nitrogens is 1. The Hall–Kier alpha value is -2.67. The molecule has 148 valence electrons. The molecule has 1 saturated heterocycles. The van der Waals surface area contributed by atoms with E-state index in [1.54, 1.807) is 12.3 Å². The summed E-state index contributed by atoms with van der Waals surface area (Å²) >= 11 is 0. The van der Waals surface area contributed by atoms with Gasteiger partial charge in [-0.05, 0) is 50.9 Å². The number of aromatic amines is 1. The van der Waals surface area contributed by atoms with Crippen molar-refractivity contribution in [3.63, 3.8) is 0 Å². The molecule has 2 aromatic rings. The van der Waals surface area contributed by atoms with E-state index in [9.17, 15) is 14.0 Å². The summed E-state index contributed by atoms with van der Waals surface area (Å²) in [4.78, 5) is 30.0. The van der Waals surface area contributed by atoms with Gasteiger partial charge in [0.05, 0.1) is 11.1 Å². The number of nitrogens with one attached hydrogen (secondary N) is 2. The van der Waals surface area contributed by atoms with Crippen molar-refractivity contribution in [3.8, 4) is 5.75 Å². The zero-order valence-electron chi connectivity index (χ0n) is 15.7. The Labute approximate surface area is 163 Å². The van der Waals surface area contributed by atoms with Crippen LogP contribution in [0.5, 0.6) is 5.75 Å². The first-order valence-electron chi connectivity index (χ1n) is 9.81. The first-order valence-corrected chi connectivity index (χ1v) is 9.81. The summed E-state index contributed by atoms with van der Waals surface area (Å²) < 4.78 is 19.9. The summed E-state index contributed by atoms with van der Waals surface area (Å²) in [5.41, 5.74) is 1.90. The fourth-order valence-corrected chi connectivity index (χ4v) is 3.90. The molecule has 0 bridgehead atoms. The summed E-state index contributed by atoms with van der Waals surface area (Å²) in [6, 6.07) is 4.36. The zero-order valence-corrected chi connectivity index (χ0v) is 15.7. The third-order valence-corrected chi connectivity index (χ3v) is 5.37. The van der Waals surface area contributed by atoms with Crippen LogP contribution in [-0.4, -0.2) is 47.8 Å². The number of ketones is 1. The number of nitrogens with zero attached hydrogens (tertiary/aromatic N) is 1. The van der Waals surface area contributed by atoms with Crippen LogP contribution in [-0.2, 0) is 6.42 Å². The largest absolute Gasteiger partial charge is 0.489 e. The highest BCUT2D eigenvalue weighted by molar-refractivity contribution is 6.13. The van der Waals surface area contributed by atoms with Crippen molar-refractivity contribution < 1.29 is 18.7 Å². The standard InChI is InChI=1S/C21H24FN3O3/c22-16-12-14(6-7-19(16)28-11-10-25-8-1-2-9-25)24-21(27)15-13-23-17-4-3-5-18(26)20(15)17/h6-7,12-13,23H,1-5,8-11H2,(H,24,27). The predicted octanol–water partition coefficient (Wildman–Crippen LogP) is 3.40. The number of ether oxygens (including phenoxy) is 1. The highest BCUT2D eigenvalue weighted by Crippen LogP contribution is 2.26. The number of halogens is 1. The van der Waals surface area contributed by atoms with Crippen LogP contribution in [0.2, 0.25) is 0 Å². The normalized spacial score (nSPS) is 16.8. The molecule has 7 heteroatoms. The van der Waals surface area contributed by atoms with Gasteiger partial charge in [-0.2, -0.15) is 0 Å². The molecule has 1 aliphatic heterocycles. The minimum absolute atomic E-state index is 0.0272. The van der Waals surface area contributed by atoms with Crippen molar-refractivity contribution in [2.75, 3.05) is 31.6 Å². The summed E-state index contributed by atoms with van der Waals surface area (Å²) in [6.45, 7) is 3.36. The lowest BCUT2D eigenvalue weighted by molar-refractivity contribution is 0.0956. The van der Waals surface area contributed by atoms with Gasteiger partial charge in [-0.3, -0.25) is 14.5 Å². The van der Waals surface area contributed by atoms with E-state index in [4.69, 9.17) is 4.74 Å². The molecule has 0 spiro atoms. The predicted molar refractivity (Wildman–Crippen MR) is 104 cm³/mol. The van der Waals surface area contributed by atoms with Crippen LogP contribution < -0.4 is 10.1 Å². The summed E-state index contributed by atoms with van der Waals surface area (Å²) in [6.07, 6.45) is 5.96. The lowest BCUT2D eigenvalue weighted by Gasteiger charge is -2.15. The Morgan fingerprint density at radius 1 is 1.21 bits per heavy atom. The summed E-state index contributed by atoms with van der Waals surface area (Å²) in [5, 5.41) is 2.67. The molecule has 28 heavy (non-hydrogen) atoms. The zero-order chi connectivity index (χ0) is 19.5. The molecule has 1 aromatic carbocycles. The minimum Gasteiger partial charge on any atom is -0.489 e. The number of aryl methyl sites for hydroxylation is 1. The van der Waals surface area contributed by atoms with Gasteiger partial charge in [-0.25, -0.2) is 4.39 Å². The van der Waals surface area contributed by atoms with E-state index in [0.29, 0.717) is 29.8 Å². The van der Waals surface area contributed by atoms with E-state index in [1.165, 1.54) is 25.0 Å². The van der Waals surface area contributed by atoms with E-state index in [2.05, 4.69) is 15.2 Å².